The highest BCUT2D eigenvalue weighted by Crippen LogP contribution is 2.51. The minimum Gasteiger partial charge on any atom is -0.493 e. The fraction of sp³-hybridized carbons (Fsp3) is 0.300. The first-order chi connectivity index (χ1) is 19.4. The number of fused-ring (bicyclic) bond motifs is 3. The number of ether oxygens (including phenoxy) is 3. The molecule has 0 radical (unpaired) electrons. The highest BCUT2D eigenvalue weighted by atomic mass is 16.6. The van der Waals surface area contributed by atoms with Crippen molar-refractivity contribution < 1.29 is 23.8 Å². The van der Waals surface area contributed by atoms with Crippen molar-refractivity contribution in [3.63, 3.8) is 0 Å². The predicted octanol–water partition coefficient (Wildman–Crippen LogP) is 4.86. The van der Waals surface area contributed by atoms with Gasteiger partial charge in [0.25, 0.3) is 0 Å². The summed E-state index contributed by atoms with van der Waals surface area (Å²) in [4.78, 5) is 28.5. The highest BCUT2D eigenvalue weighted by molar-refractivity contribution is 6.00. The van der Waals surface area contributed by atoms with Crippen molar-refractivity contribution >= 4 is 17.6 Å². The molecule has 40 heavy (non-hydrogen) atoms. The number of ketones is 1. The lowest BCUT2D eigenvalue weighted by molar-refractivity contribution is -0.118. The van der Waals surface area contributed by atoms with E-state index in [-0.39, 0.29) is 17.8 Å². The number of aromatic nitrogens is 4. The van der Waals surface area contributed by atoms with Crippen LogP contribution in [0.15, 0.2) is 71.3 Å². The fourth-order valence-electron chi connectivity index (χ4n) is 5.35. The zero-order valence-electron chi connectivity index (χ0n) is 22.7. The zero-order valence-corrected chi connectivity index (χ0v) is 22.7. The molecule has 2 aliphatic rings. The van der Waals surface area contributed by atoms with Crippen LogP contribution in [0.3, 0.4) is 0 Å². The van der Waals surface area contributed by atoms with E-state index >= 15 is 0 Å². The molecule has 1 aliphatic heterocycles. The Bertz CT molecular complexity index is 1660. The van der Waals surface area contributed by atoms with Crippen LogP contribution in [0, 0.1) is 5.41 Å². The third kappa shape index (κ3) is 4.66. The van der Waals surface area contributed by atoms with E-state index in [1.807, 2.05) is 48.5 Å². The van der Waals surface area contributed by atoms with Crippen molar-refractivity contribution in [1.29, 1.82) is 0 Å². The second-order valence-corrected chi connectivity index (χ2v) is 10.6. The van der Waals surface area contributed by atoms with Gasteiger partial charge in [0, 0.05) is 18.4 Å². The largest absolute Gasteiger partial charge is 0.493 e. The molecular formula is C30H29N5O5. The van der Waals surface area contributed by atoms with Crippen LogP contribution >= 0.6 is 0 Å². The first kappa shape index (κ1) is 25.5. The SMILES string of the molecule is COc1ccc(C2C3=C(CC(C)(C)CC3=O)Oc3ncn4nc(CO/N=C/c5ccccc5)nc4c32)cc1OC. The second kappa shape index (κ2) is 10.1. The summed E-state index contributed by atoms with van der Waals surface area (Å²) in [6, 6.07) is 15.3. The van der Waals surface area contributed by atoms with Gasteiger partial charge in [0.1, 0.15) is 12.1 Å². The van der Waals surface area contributed by atoms with E-state index in [0.29, 0.717) is 58.6 Å². The van der Waals surface area contributed by atoms with Gasteiger partial charge in [0.2, 0.25) is 5.88 Å². The molecule has 2 aromatic carbocycles. The molecule has 0 bridgehead atoms. The van der Waals surface area contributed by atoms with Crippen LogP contribution in [0.2, 0.25) is 0 Å². The molecule has 0 saturated heterocycles. The number of Topliss-reactive ketones (excluding diaryl/α,β-unsaturated/α-hetero) is 1. The molecule has 0 saturated carbocycles. The molecule has 10 nitrogen and oxygen atoms in total. The summed E-state index contributed by atoms with van der Waals surface area (Å²) in [6.45, 7) is 4.20. The van der Waals surface area contributed by atoms with E-state index in [4.69, 9.17) is 24.0 Å². The number of allylic oxidation sites excluding steroid dienone is 2. The monoisotopic (exact) mass is 539 g/mol. The summed E-state index contributed by atoms with van der Waals surface area (Å²) in [5, 5.41) is 8.58. The van der Waals surface area contributed by atoms with Crippen molar-refractivity contribution in [3.8, 4) is 17.4 Å². The van der Waals surface area contributed by atoms with Gasteiger partial charge >= 0.3 is 0 Å². The minimum atomic E-state index is -0.479. The standard InChI is InChI=1S/C30H29N5O5/c1-30(2)13-20(36)26-23(14-30)40-29-27(25(26)19-10-11-21(37-3)22(12-19)38-4)28-33-24(34-35(28)17-31-29)16-39-32-15-18-8-6-5-7-9-18/h5-12,15,17,25H,13-14,16H2,1-4H3/b32-15+. The van der Waals surface area contributed by atoms with E-state index in [2.05, 4.69) is 29.1 Å². The number of carbonyl (C=O) groups excluding carboxylic acids is 1. The maximum absolute atomic E-state index is 13.7. The summed E-state index contributed by atoms with van der Waals surface area (Å²) >= 11 is 0. The number of hydrogen-bond donors (Lipinski definition) is 0. The zero-order chi connectivity index (χ0) is 27.9. The highest BCUT2D eigenvalue weighted by Gasteiger charge is 2.44. The quantitative estimate of drug-likeness (QED) is 0.242. The Hall–Kier alpha value is -4.73. The number of carbonyl (C=O) groups is 1. The maximum Gasteiger partial charge on any atom is 0.228 e. The van der Waals surface area contributed by atoms with Gasteiger partial charge in [-0.25, -0.2) is 14.5 Å². The van der Waals surface area contributed by atoms with Gasteiger partial charge in [-0.15, -0.1) is 5.10 Å². The van der Waals surface area contributed by atoms with Gasteiger partial charge < -0.3 is 19.0 Å². The molecule has 3 heterocycles. The number of rotatable bonds is 7. The Morgan fingerprint density at radius 2 is 1.90 bits per heavy atom. The molecular weight excluding hydrogens is 510 g/mol. The Kier molecular flexibility index (Phi) is 6.45. The third-order valence-electron chi connectivity index (χ3n) is 7.12. The number of hydrogen-bond acceptors (Lipinski definition) is 9. The second-order valence-electron chi connectivity index (χ2n) is 10.6. The summed E-state index contributed by atoms with van der Waals surface area (Å²) in [5.74, 6) is 2.18. The fourth-order valence-corrected chi connectivity index (χ4v) is 5.35. The molecule has 10 heteroatoms. The van der Waals surface area contributed by atoms with Crippen molar-refractivity contribution in [1.82, 2.24) is 19.6 Å². The Labute approximate surface area is 231 Å². The van der Waals surface area contributed by atoms with Gasteiger partial charge in [-0.3, -0.25) is 4.79 Å². The lowest BCUT2D eigenvalue weighted by Gasteiger charge is -2.37. The van der Waals surface area contributed by atoms with E-state index in [9.17, 15) is 4.79 Å². The van der Waals surface area contributed by atoms with E-state index < -0.39 is 5.92 Å². The van der Waals surface area contributed by atoms with Crippen LogP contribution in [-0.2, 0) is 16.2 Å². The molecule has 1 atom stereocenters. The van der Waals surface area contributed by atoms with E-state index in [0.717, 1.165) is 11.1 Å². The van der Waals surface area contributed by atoms with Gasteiger partial charge in [-0.1, -0.05) is 55.4 Å². The Morgan fingerprint density at radius 1 is 1.10 bits per heavy atom. The lowest BCUT2D eigenvalue weighted by Crippen LogP contribution is -2.33. The Balaban J connectivity index is 1.43. The van der Waals surface area contributed by atoms with Crippen LogP contribution in [0.5, 0.6) is 17.4 Å². The van der Waals surface area contributed by atoms with Gasteiger partial charge in [-0.05, 0) is 28.7 Å². The third-order valence-corrected chi connectivity index (χ3v) is 7.12. The number of oxime groups is 1. The maximum atomic E-state index is 13.7. The molecule has 0 amide bonds. The molecule has 1 unspecified atom stereocenters. The molecule has 2 aromatic heterocycles. The molecule has 0 N–H and O–H groups in total. The van der Waals surface area contributed by atoms with Crippen LogP contribution in [-0.4, -0.2) is 45.8 Å². The smallest absolute Gasteiger partial charge is 0.228 e. The molecule has 6 rings (SSSR count). The Morgan fingerprint density at radius 3 is 2.67 bits per heavy atom. The van der Waals surface area contributed by atoms with Crippen molar-refractivity contribution in [2.75, 3.05) is 14.2 Å². The average molecular weight is 540 g/mol. The van der Waals surface area contributed by atoms with Gasteiger partial charge in [0.05, 0.1) is 31.9 Å². The summed E-state index contributed by atoms with van der Waals surface area (Å²) in [7, 11) is 3.18. The topological polar surface area (TPSA) is 109 Å². The van der Waals surface area contributed by atoms with E-state index in [1.165, 1.54) is 0 Å². The van der Waals surface area contributed by atoms with Gasteiger partial charge in [-0.2, -0.15) is 0 Å². The van der Waals surface area contributed by atoms with Crippen LogP contribution in [0.1, 0.15) is 55.1 Å². The molecule has 204 valence electrons. The van der Waals surface area contributed by atoms with Crippen LogP contribution in [0.4, 0.5) is 0 Å². The number of nitrogens with zero attached hydrogens (tertiary/aromatic N) is 5. The first-order valence-electron chi connectivity index (χ1n) is 13.0. The molecule has 4 aromatic rings. The average Bonchev–Trinajstić information content (AvgIpc) is 3.37. The van der Waals surface area contributed by atoms with Crippen LogP contribution < -0.4 is 14.2 Å². The minimum absolute atomic E-state index is 0.0389. The van der Waals surface area contributed by atoms with Crippen LogP contribution in [0.25, 0.3) is 5.65 Å². The molecule has 0 spiro atoms. The number of methoxy groups -OCH3 is 2. The van der Waals surface area contributed by atoms with E-state index in [1.54, 1.807) is 31.3 Å². The predicted molar refractivity (Wildman–Crippen MR) is 147 cm³/mol. The first-order valence-corrected chi connectivity index (χ1v) is 13.0. The van der Waals surface area contributed by atoms with Crippen molar-refractivity contribution in [2.45, 2.75) is 39.2 Å². The van der Waals surface area contributed by atoms with Gasteiger partial charge in [0.15, 0.2) is 35.4 Å². The lowest BCUT2D eigenvalue weighted by atomic mass is 9.70. The van der Waals surface area contributed by atoms with Crippen molar-refractivity contribution in [2.24, 2.45) is 10.6 Å². The summed E-state index contributed by atoms with van der Waals surface area (Å²) in [6.07, 6.45) is 4.22. The molecule has 1 aliphatic carbocycles. The van der Waals surface area contributed by atoms with Crippen molar-refractivity contribution in [3.05, 3.63) is 88.7 Å². The normalized spacial score (nSPS) is 17.9. The summed E-state index contributed by atoms with van der Waals surface area (Å²) in [5.41, 5.74) is 3.34. The molecule has 0 fully saturated rings. The summed E-state index contributed by atoms with van der Waals surface area (Å²) < 4.78 is 19.0. The number of benzene rings is 2.